The van der Waals surface area contributed by atoms with Gasteiger partial charge in [0.15, 0.2) is 0 Å². The zero-order chi connectivity index (χ0) is 16.1. The highest BCUT2D eigenvalue weighted by molar-refractivity contribution is 5.92. The van der Waals surface area contributed by atoms with E-state index in [4.69, 9.17) is 0 Å². The third-order valence-corrected chi connectivity index (χ3v) is 4.36. The van der Waals surface area contributed by atoms with Gasteiger partial charge in [-0.1, -0.05) is 25.1 Å². The van der Waals surface area contributed by atoms with E-state index in [2.05, 4.69) is 28.2 Å². The summed E-state index contributed by atoms with van der Waals surface area (Å²) in [6, 6.07) is 14.3. The summed E-state index contributed by atoms with van der Waals surface area (Å²) in [5.41, 5.74) is 3.17. The minimum absolute atomic E-state index is 0.0427. The molecule has 4 nitrogen and oxygen atoms in total. The molecule has 1 amide bonds. The van der Waals surface area contributed by atoms with Crippen LogP contribution in [0.15, 0.2) is 48.7 Å². The van der Waals surface area contributed by atoms with Crippen molar-refractivity contribution in [3.05, 3.63) is 59.9 Å². The van der Waals surface area contributed by atoms with Crippen LogP contribution in [0, 0.1) is 0 Å². The van der Waals surface area contributed by atoms with Crippen molar-refractivity contribution in [2.45, 2.75) is 32.2 Å². The van der Waals surface area contributed by atoms with Crippen LogP contribution in [0.3, 0.4) is 0 Å². The quantitative estimate of drug-likeness (QED) is 0.920. The van der Waals surface area contributed by atoms with Gasteiger partial charge in [-0.2, -0.15) is 0 Å². The van der Waals surface area contributed by atoms with Gasteiger partial charge in [0, 0.05) is 11.9 Å². The average molecular weight is 309 g/mol. The zero-order valence-corrected chi connectivity index (χ0v) is 13.5. The van der Waals surface area contributed by atoms with Gasteiger partial charge in [0.2, 0.25) is 5.91 Å². The number of aromatic nitrogens is 1. The maximum Gasteiger partial charge on any atom is 0.238 e. The molecule has 23 heavy (non-hydrogen) atoms. The molecule has 4 heteroatoms. The summed E-state index contributed by atoms with van der Waals surface area (Å²) < 4.78 is 0. The van der Waals surface area contributed by atoms with Gasteiger partial charge >= 0.3 is 0 Å². The fraction of sp³-hybridized carbons (Fsp3) is 0.368. The number of likely N-dealkylation sites (tertiary alicyclic amines) is 1. The summed E-state index contributed by atoms with van der Waals surface area (Å²) in [6.45, 7) is 3.48. The molecular formula is C19H23N3O. The van der Waals surface area contributed by atoms with Crippen LogP contribution in [0.25, 0.3) is 0 Å². The van der Waals surface area contributed by atoms with Gasteiger partial charge in [-0.25, -0.2) is 0 Å². The van der Waals surface area contributed by atoms with E-state index in [-0.39, 0.29) is 11.9 Å². The van der Waals surface area contributed by atoms with Crippen LogP contribution in [0.5, 0.6) is 0 Å². The first kappa shape index (κ1) is 15.7. The Morgan fingerprint density at radius 1 is 1.30 bits per heavy atom. The van der Waals surface area contributed by atoms with Crippen molar-refractivity contribution in [3.8, 4) is 0 Å². The van der Waals surface area contributed by atoms with Crippen molar-refractivity contribution in [1.82, 2.24) is 9.88 Å². The maximum atomic E-state index is 12.4. The summed E-state index contributed by atoms with van der Waals surface area (Å²) in [5, 5.41) is 3.01. The van der Waals surface area contributed by atoms with Crippen molar-refractivity contribution in [1.29, 1.82) is 0 Å². The van der Waals surface area contributed by atoms with E-state index >= 15 is 0 Å². The van der Waals surface area contributed by atoms with Crippen LogP contribution < -0.4 is 5.32 Å². The average Bonchev–Trinajstić information content (AvgIpc) is 3.03. The minimum atomic E-state index is 0.0427. The Morgan fingerprint density at radius 2 is 2.22 bits per heavy atom. The molecule has 0 saturated carbocycles. The van der Waals surface area contributed by atoms with E-state index in [1.165, 1.54) is 5.56 Å². The number of nitrogens with zero attached hydrogens (tertiary/aromatic N) is 2. The molecule has 1 aliphatic rings. The van der Waals surface area contributed by atoms with Crippen LogP contribution in [0.1, 0.15) is 37.1 Å². The number of nitrogens with one attached hydrogen (secondary N) is 1. The lowest BCUT2D eigenvalue weighted by Gasteiger charge is -2.23. The molecule has 120 valence electrons. The van der Waals surface area contributed by atoms with Crippen LogP contribution in [0.2, 0.25) is 0 Å². The van der Waals surface area contributed by atoms with Crippen molar-refractivity contribution < 1.29 is 4.79 Å². The van der Waals surface area contributed by atoms with Gasteiger partial charge < -0.3 is 5.32 Å². The first-order chi connectivity index (χ1) is 11.3. The van der Waals surface area contributed by atoms with Gasteiger partial charge in [-0.05, 0) is 55.6 Å². The van der Waals surface area contributed by atoms with Crippen molar-refractivity contribution in [2.24, 2.45) is 0 Å². The second kappa shape index (κ2) is 7.38. The predicted molar refractivity (Wildman–Crippen MR) is 92.2 cm³/mol. The fourth-order valence-corrected chi connectivity index (χ4v) is 3.18. The summed E-state index contributed by atoms with van der Waals surface area (Å²) in [6.07, 6.45) is 4.97. The highest BCUT2D eigenvalue weighted by Gasteiger charge is 2.28. The molecule has 1 aliphatic heterocycles. The van der Waals surface area contributed by atoms with Gasteiger partial charge in [-0.3, -0.25) is 14.7 Å². The third-order valence-electron chi connectivity index (χ3n) is 4.36. The number of hydrogen-bond donors (Lipinski definition) is 1. The Labute approximate surface area is 137 Å². The Kier molecular flexibility index (Phi) is 5.03. The molecule has 0 aliphatic carbocycles. The van der Waals surface area contributed by atoms with Gasteiger partial charge in [0.1, 0.15) is 0 Å². The lowest BCUT2D eigenvalue weighted by atomic mass is 10.1. The molecule has 1 saturated heterocycles. The minimum Gasteiger partial charge on any atom is -0.325 e. The molecule has 0 spiro atoms. The Balaban J connectivity index is 1.62. The monoisotopic (exact) mass is 309 g/mol. The van der Waals surface area contributed by atoms with Crippen molar-refractivity contribution in [2.75, 3.05) is 18.4 Å². The van der Waals surface area contributed by atoms with E-state index in [1.54, 1.807) is 0 Å². The second-order valence-corrected chi connectivity index (χ2v) is 5.99. The molecule has 1 aromatic heterocycles. The van der Waals surface area contributed by atoms with Crippen LogP contribution in [0.4, 0.5) is 5.69 Å². The number of pyridine rings is 1. The summed E-state index contributed by atoms with van der Waals surface area (Å²) in [4.78, 5) is 19.0. The van der Waals surface area contributed by atoms with E-state index in [0.717, 1.165) is 37.2 Å². The van der Waals surface area contributed by atoms with E-state index < -0.39 is 0 Å². The molecule has 1 fully saturated rings. The number of aryl methyl sites for hydroxylation is 1. The number of rotatable bonds is 5. The molecule has 2 aromatic rings. The smallest absolute Gasteiger partial charge is 0.238 e. The fourth-order valence-electron chi connectivity index (χ4n) is 3.18. The lowest BCUT2D eigenvalue weighted by Crippen LogP contribution is -2.33. The lowest BCUT2D eigenvalue weighted by molar-refractivity contribution is -0.117. The van der Waals surface area contributed by atoms with Crippen molar-refractivity contribution in [3.63, 3.8) is 0 Å². The topological polar surface area (TPSA) is 45.2 Å². The highest BCUT2D eigenvalue weighted by atomic mass is 16.2. The van der Waals surface area contributed by atoms with Gasteiger partial charge in [0.05, 0.1) is 18.3 Å². The van der Waals surface area contributed by atoms with Crippen LogP contribution in [-0.4, -0.2) is 28.9 Å². The summed E-state index contributed by atoms with van der Waals surface area (Å²) in [5.74, 6) is 0.0427. The largest absolute Gasteiger partial charge is 0.325 e. The van der Waals surface area contributed by atoms with Crippen LogP contribution >= 0.6 is 0 Å². The number of carbonyl (C=O) groups excluding carboxylic acids is 1. The Bertz CT molecular complexity index is 657. The number of anilines is 1. The second-order valence-electron chi connectivity index (χ2n) is 5.99. The van der Waals surface area contributed by atoms with E-state index in [9.17, 15) is 4.79 Å². The van der Waals surface area contributed by atoms with Crippen molar-refractivity contribution >= 4 is 11.6 Å². The zero-order valence-electron chi connectivity index (χ0n) is 13.5. The van der Waals surface area contributed by atoms with E-state index in [1.807, 2.05) is 42.6 Å². The maximum absolute atomic E-state index is 12.4. The molecule has 1 N–H and O–H groups in total. The van der Waals surface area contributed by atoms with Crippen LogP contribution in [-0.2, 0) is 11.2 Å². The molecule has 2 heterocycles. The number of benzene rings is 1. The molecule has 1 aromatic carbocycles. The normalized spacial score (nSPS) is 18.0. The first-order valence-corrected chi connectivity index (χ1v) is 8.30. The number of carbonyl (C=O) groups is 1. The molecule has 3 rings (SSSR count). The molecule has 1 unspecified atom stereocenters. The number of amides is 1. The molecule has 1 atom stereocenters. The standard InChI is InChI=1S/C19H23N3O/c1-2-15-7-5-8-16(13-15)21-19(23)14-22-12-6-10-18(22)17-9-3-4-11-20-17/h3-5,7-9,11,13,18H,2,6,10,12,14H2,1H3,(H,21,23). The van der Waals surface area contributed by atoms with E-state index in [0.29, 0.717) is 6.54 Å². The molecule has 0 radical (unpaired) electrons. The summed E-state index contributed by atoms with van der Waals surface area (Å²) >= 11 is 0. The highest BCUT2D eigenvalue weighted by Crippen LogP contribution is 2.30. The molecular weight excluding hydrogens is 286 g/mol. The first-order valence-electron chi connectivity index (χ1n) is 8.30. The van der Waals surface area contributed by atoms with Gasteiger partial charge in [0.25, 0.3) is 0 Å². The van der Waals surface area contributed by atoms with Gasteiger partial charge in [-0.15, -0.1) is 0 Å². The Hall–Kier alpha value is -2.20. The SMILES string of the molecule is CCc1cccc(NC(=O)CN2CCCC2c2ccccn2)c1. The summed E-state index contributed by atoms with van der Waals surface area (Å²) in [7, 11) is 0. The third kappa shape index (κ3) is 3.96. The molecule has 0 bridgehead atoms. The number of hydrogen-bond acceptors (Lipinski definition) is 3. The predicted octanol–water partition coefficient (Wildman–Crippen LogP) is 3.42. The Morgan fingerprint density at radius 3 is 3.00 bits per heavy atom.